The molecule has 0 atom stereocenters. The van der Waals surface area contributed by atoms with Crippen molar-refractivity contribution in [1.82, 2.24) is 10.2 Å². The fraction of sp³-hybridized carbons (Fsp3) is 0.895. The zero-order valence-electron chi connectivity index (χ0n) is 15.0. The maximum atomic E-state index is 3.76. The molecule has 0 saturated carbocycles. The summed E-state index contributed by atoms with van der Waals surface area (Å²) >= 11 is 0. The number of hydrogen-bond donors (Lipinski definition) is 1. The number of nitrogens with one attached hydrogen (secondary N) is 1. The lowest BCUT2D eigenvalue weighted by Gasteiger charge is -2.31. The van der Waals surface area contributed by atoms with Crippen LogP contribution in [0.2, 0.25) is 0 Å². The third-order valence-corrected chi connectivity index (χ3v) is 4.49. The van der Waals surface area contributed by atoms with Crippen LogP contribution in [0.4, 0.5) is 0 Å². The van der Waals surface area contributed by atoms with E-state index in [4.69, 9.17) is 0 Å². The summed E-state index contributed by atoms with van der Waals surface area (Å²) in [6.07, 6.45) is 12.0. The first-order valence-electron chi connectivity index (χ1n) is 9.17. The monoisotopic (exact) mass is 294 g/mol. The van der Waals surface area contributed by atoms with Gasteiger partial charge in [-0.2, -0.15) is 0 Å². The molecule has 0 radical (unpaired) electrons. The highest BCUT2D eigenvalue weighted by Gasteiger charge is 2.17. The first-order chi connectivity index (χ1) is 10.1. The topological polar surface area (TPSA) is 15.3 Å². The van der Waals surface area contributed by atoms with Crippen LogP contribution in [-0.4, -0.2) is 37.1 Å². The van der Waals surface area contributed by atoms with Crippen molar-refractivity contribution in [2.24, 2.45) is 5.92 Å². The van der Waals surface area contributed by atoms with Gasteiger partial charge >= 0.3 is 0 Å². The lowest BCUT2D eigenvalue weighted by atomic mass is 10.0. The van der Waals surface area contributed by atoms with Crippen LogP contribution in [-0.2, 0) is 0 Å². The van der Waals surface area contributed by atoms with Gasteiger partial charge in [0.05, 0.1) is 0 Å². The molecule has 0 unspecified atom stereocenters. The summed E-state index contributed by atoms with van der Waals surface area (Å²) in [5.41, 5.74) is 1.44. The SMILES string of the molecule is CC(C)=CCN1CCC(NCCCCCCC(C)C)CC1. The average Bonchev–Trinajstić information content (AvgIpc) is 2.45. The Morgan fingerprint density at radius 1 is 1.10 bits per heavy atom. The van der Waals surface area contributed by atoms with Gasteiger partial charge in [-0.15, -0.1) is 0 Å². The normalized spacial score (nSPS) is 17.4. The van der Waals surface area contributed by atoms with E-state index in [1.54, 1.807) is 0 Å². The van der Waals surface area contributed by atoms with Crippen LogP contribution in [0.1, 0.15) is 72.6 Å². The van der Waals surface area contributed by atoms with E-state index in [9.17, 15) is 0 Å². The Balaban J connectivity index is 1.95. The predicted octanol–water partition coefficient (Wildman–Crippen LogP) is 4.61. The molecule has 1 rings (SSSR count). The minimum Gasteiger partial charge on any atom is -0.314 e. The lowest BCUT2D eigenvalue weighted by Crippen LogP contribution is -2.42. The van der Waals surface area contributed by atoms with Gasteiger partial charge < -0.3 is 5.32 Å². The van der Waals surface area contributed by atoms with Gasteiger partial charge in [0.15, 0.2) is 0 Å². The molecule has 0 aromatic rings. The first kappa shape index (κ1) is 18.7. The molecule has 0 aliphatic carbocycles. The zero-order valence-corrected chi connectivity index (χ0v) is 15.0. The summed E-state index contributed by atoms with van der Waals surface area (Å²) in [6.45, 7) is 13.9. The number of hydrogen-bond acceptors (Lipinski definition) is 2. The van der Waals surface area contributed by atoms with Crippen molar-refractivity contribution in [1.29, 1.82) is 0 Å². The third-order valence-electron chi connectivity index (χ3n) is 4.49. The molecule has 0 aromatic heterocycles. The number of nitrogens with zero attached hydrogens (tertiary/aromatic N) is 1. The van der Waals surface area contributed by atoms with Crippen molar-refractivity contribution in [3.63, 3.8) is 0 Å². The van der Waals surface area contributed by atoms with Crippen molar-refractivity contribution in [2.75, 3.05) is 26.2 Å². The molecule has 21 heavy (non-hydrogen) atoms. The molecule has 1 aliphatic rings. The second kappa shape index (κ2) is 11.3. The second-order valence-corrected chi connectivity index (χ2v) is 7.41. The van der Waals surface area contributed by atoms with Gasteiger partial charge in [0, 0.05) is 12.6 Å². The van der Waals surface area contributed by atoms with Crippen LogP contribution in [0.5, 0.6) is 0 Å². The molecular formula is C19H38N2. The highest BCUT2D eigenvalue weighted by atomic mass is 15.1. The van der Waals surface area contributed by atoms with Gasteiger partial charge in [-0.05, 0) is 58.7 Å². The Morgan fingerprint density at radius 2 is 1.76 bits per heavy atom. The van der Waals surface area contributed by atoms with E-state index in [0.717, 1.165) is 18.5 Å². The Hall–Kier alpha value is -0.340. The number of unbranched alkanes of at least 4 members (excludes halogenated alkanes) is 3. The molecule has 124 valence electrons. The third kappa shape index (κ3) is 10.1. The van der Waals surface area contributed by atoms with Crippen molar-refractivity contribution < 1.29 is 0 Å². The maximum absolute atomic E-state index is 3.76. The van der Waals surface area contributed by atoms with Crippen LogP contribution in [0.15, 0.2) is 11.6 Å². The molecule has 2 heteroatoms. The molecule has 1 aliphatic heterocycles. The molecule has 0 amide bonds. The summed E-state index contributed by atoms with van der Waals surface area (Å²) in [7, 11) is 0. The molecular weight excluding hydrogens is 256 g/mol. The summed E-state index contributed by atoms with van der Waals surface area (Å²) < 4.78 is 0. The Morgan fingerprint density at radius 3 is 2.38 bits per heavy atom. The predicted molar refractivity (Wildman–Crippen MR) is 94.8 cm³/mol. The van der Waals surface area contributed by atoms with E-state index in [0.29, 0.717) is 0 Å². The standard InChI is InChI=1S/C19H38N2/c1-17(2)9-7-5-6-8-13-20-19-11-15-21(16-12-19)14-10-18(3)4/h10,17,19-20H,5-9,11-16H2,1-4H3. The highest BCUT2D eigenvalue weighted by Crippen LogP contribution is 2.12. The summed E-state index contributed by atoms with van der Waals surface area (Å²) in [4.78, 5) is 2.58. The molecule has 1 heterocycles. The van der Waals surface area contributed by atoms with Crippen LogP contribution >= 0.6 is 0 Å². The zero-order chi connectivity index (χ0) is 15.5. The number of rotatable bonds is 10. The fourth-order valence-electron chi connectivity index (χ4n) is 2.97. The second-order valence-electron chi connectivity index (χ2n) is 7.41. The van der Waals surface area contributed by atoms with E-state index in [1.807, 2.05) is 0 Å². The molecule has 1 saturated heterocycles. The summed E-state index contributed by atoms with van der Waals surface area (Å²) in [5.74, 6) is 0.875. The van der Waals surface area contributed by atoms with Gasteiger partial charge in [0.2, 0.25) is 0 Å². The van der Waals surface area contributed by atoms with E-state index in [1.165, 1.54) is 70.2 Å². The fourth-order valence-corrected chi connectivity index (χ4v) is 2.97. The summed E-state index contributed by atoms with van der Waals surface area (Å²) in [5, 5.41) is 3.76. The Kier molecular flexibility index (Phi) is 10.0. The molecule has 1 fully saturated rings. The van der Waals surface area contributed by atoms with Crippen LogP contribution in [0.25, 0.3) is 0 Å². The number of piperidine rings is 1. The Labute approximate surface area is 133 Å². The van der Waals surface area contributed by atoms with E-state index in [2.05, 4.69) is 44.0 Å². The molecule has 2 nitrogen and oxygen atoms in total. The van der Waals surface area contributed by atoms with Gasteiger partial charge in [-0.3, -0.25) is 4.90 Å². The van der Waals surface area contributed by atoms with E-state index in [-0.39, 0.29) is 0 Å². The molecule has 1 N–H and O–H groups in total. The number of likely N-dealkylation sites (tertiary alicyclic amines) is 1. The van der Waals surface area contributed by atoms with Crippen molar-refractivity contribution in [2.45, 2.75) is 78.7 Å². The van der Waals surface area contributed by atoms with Gasteiger partial charge in [0.1, 0.15) is 0 Å². The molecule has 0 spiro atoms. The summed E-state index contributed by atoms with van der Waals surface area (Å²) in [6, 6.07) is 0.767. The van der Waals surface area contributed by atoms with Crippen LogP contribution in [0, 0.1) is 5.92 Å². The first-order valence-corrected chi connectivity index (χ1v) is 9.17. The van der Waals surface area contributed by atoms with Crippen molar-refractivity contribution in [3.8, 4) is 0 Å². The molecule has 0 bridgehead atoms. The quantitative estimate of drug-likeness (QED) is 0.467. The minimum atomic E-state index is 0.767. The largest absolute Gasteiger partial charge is 0.314 e. The van der Waals surface area contributed by atoms with Gasteiger partial charge in [-0.25, -0.2) is 0 Å². The van der Waals surface area contributed by atoms with Crippen LogP contribution < -0.4 is 5.32 Å². The average molecular weight is 295 g/mol. The van der Waals surface area contributed by atoms with E-state index >= 15 is 0 Å². The highest BCUT2D eigenvalue weighted by molar-refractivity contribution is 4.95. The van der Waals surface area contributed by atoms with Crippen LogP contribution in [0.3, 0.4) is 0 Å². The van der Waals surface area contributed by atoms with Crippen molar-refractivity contribution in [3.05, 3.63) is 11.6 Å². The molecule has 0 aromatic carbocycles. The van der Waals surface area contributed by atoms with Gasteiger partial charge in [0.25, 0.3) is 0 Å². The maximum Gasteiger partial charge on any atom is 0.0165 e. The van der Waals surface area contributed by atoms with Gasteiger partial charge in [-0.1, -0.05) is 51.2 Å². The van der Waals surface area contributed by atoms with E-state index < -0.39 is 0 Å². The number of allylic oxidation sites excluding steroid dienone is 1. The Bertz CT molecular complexity index is 271. The smallest absolute Gasteiger partial charge is 0.0165 e. The van der Waals surface area contributed by atoms with Crippen molar-refractivity contribution >= 4 is 0 Å². The minimum absolute atomic E-state index is 0.767. The lowest BCUT2D eigenvalue weighted by molar-refractivity contribution is 0.214.